The molecule has 1 atom stereocenters. The number of rotatable bonds is 5. The molecule has 2 N–H and O–H groups in total. The maximum absolute atomic E-state index is 12.8. The highest BCUT2D eigenvalue weighted by atomic mass is 19.3. The maximum Gasteiger partial charge on any atom is 0.330 e. The maximum atomic E-state index is 12.8. The SMILES string of the molecule is C=C[C@H]1C=CCC(C(C)=O)=C/C1=C(\OC)N(N)C(F)F. The number of carbonyl (C=O) groups is 1. The first-order chi connectivity index (χ1) is 9.42. The summed E-state index contributed by atoms with van der Waals surface area (Å²) in [6.45, 7) is 2.17. The van der Waals surface area contributed by atoms with Gasteiger partial charge in [-0.2, -0.15) is 8.78 Å². The smallest absolute Gasteiger partial charge is 0.330 e. The molecule has 0 aromatic carbocycles. The number of allylic oxidation sites excluding steroid dienone is 6. The van der Waals surface area contributed by atoms with Crippen molar-refractivity contribution in [2.45, 2.75) is 19.9 Å². The summed E-state index contributed by atoms with van der Waals surface area (Å²) in [5, 5.41) is 0.235. The molecule has 0 aromatic rings. The van der Waals surface area contributed by atoms with Crippen LogP contribution in [0.15, 0.2) is 47.9 Å². The molecule has 0 spiro atoms. The van der Waals surface area contributed by atoms with Crippen LogP contribution < -0.4 is 5.84 Å². The summed E-state index contributed by atoms with van der Waals surface area (Å²) in [6.07, 6.45) is 7.11. The normalized spacial score (nSPS) is 21.1. The summed E-state index contributed by atoms with van der Waals surface area (Å²) in [7, 11) is 1.25. The molecule has 0 heterocycles. The molecule has 1 rings (SSSR count). The Hall–Kier alpha value is -1.95. The van der Waals surface area contributed by atoms with Crippen molar-refractivity contribution < 1.29 is 18.3 Å². The van der Waals surface area contributed by atoms with E-state index in [-0.39, 0.29) is 22.6 Å². The van der Waals surface area contributed by atoms with E-state index in [1.54, 1.807) is 18.2 Å². The van der Waals surface area contributed by atoms with Crippen LogP contribution in [0.5, 0.6) is 0 Å². The van der Waals surface area contributed by atoms with Gasteiger partial charge >= 0.3 is 6.55 Å². The van der Waals surface area contributed by atoms with Gasteiger partial charge < -0.3 is 4.74 Å². The summed E-state index contributed by atoms with van der Waals surface area (Å²) in [5.41, 5.74) is 0.877. The lowest BCUT2D eigenvalue weighted by Gasteiger charge is -2.23. The Morgan fingerprint density at radius 3 is 2.75 bits per heavy atom. The number of nitrogens with zero attached hydrogens (tertiary/aromatic N) is 1. The number of alkyl halides is 2. The number of ether oxygens (including phenoxy) is 1. The van der Waals surface area contributed by atoms with E-state index >= 15 is 0 Å². The molecule has 0 amide bonds. The Morgan fingerprint density at radius 1 is 1.65 bits per heavy atom. The summed E-state index contributed by atoms with van der Waals surface area (Å²) >= 11 is 0. The third kappa shape index (κ3) is 3.54. The van der Waals surface area contributed by atoms with Crippen molar-refractivity contribution in [2.24, 2.45) is 11.8 Å². The first-order valence-electron chi connectivity index (χ1n) is 6.03. The van der Waals surface area contributed by atoms with Gasteiger partial charge in [-0.3, -0.25) is 4.79 Å². The van der Waals surface area contributed by atoms with Gasteiger partial charge in [-0.05, 0) is 25.0 Å². The predicted molar refractivity (Wildman–Crippen MR) is 72.3 cm³/mol. The average molecular weight is 284 g/mol. The zero-order valence-electron chi connectivity index (χ0n) is 11.5. The van der Waals surface area contributed by atoms with Crippen molar-refractivity contribution in [2.75, 3.05) is 7.11 Å². The second kappa shape index (κ2) is 7.00. The number of halogens is 2. The van der Waals surface area contributed by atoms with Crippen molar-refractivity contribution in [3.05, 3.63) is 47.9 Å². The predicted octanol–water partition coefficient (Wildman–Crippen LogP) is 2.52. The Kier molecular flexibility index (Phi) is 5.64. The molecule has 0 unspecified atom stereocenters. The largest absolute Gasteiger partial charge is 0.481 e. The van der Waals surface area contributed by atoms with Crippen LogP contribution in [-0.4, -0.2) is 24.5 Å². The van der Waals surface area contributed by atoms with Crippen molar-refractivity contribution in [1.29, 1.82) is 0 Å². The molecule has 20 heavy (non-hydrogen) atoms. The zero-order valence-corrected chi connectivity index (χ0v) is 11.5. The molecule has 0 aromatic heterocycles. The third-order valence-electron chi connectivity index (χ3n) is 2.96. The van der Waals surface area contributed by atoms with E-state index in [0.717, 1.165) is 0 Å². The lowest BCUT2D eigenvalue weighted by molar-refractivity contribution is -0.113. The van der Waals surface area contributed by atoms with Crippen LogP contribution in [0.4, 0.5) is 8.78 Å². The fourth-order valence-electron chi connectivity index (χ4n) is 1.90. The lowest BCUT2D eigenvalue weighted by Crippen LogP contribution is -2.37. The summed E-state index contributed by atoms with van der Waals surface area (Å²) < 4.78 is 30.5. The Balaban J connectivity index is 3.43. The molecule has 0 bridgehead atoms. The third-order valence-corrected chi connectivity index (χ3v) is 2.96. The molecule has 0 fully saturated rings. The molecule has 1 aliphatic carbocycles. The van der Waals surface area contributed by atoms with Gasteiger partial charge in [0.05, 0.1) is 7.11 Å². The molecule has 1 aliphatic rings. The Labute approximate surface area is 116 Å². The van der Waals surface area contributed by atoms with Gasteiger partial charge in [0.1, 0.15) is 0 Å². The minimum Gasteiger partial charge on any atom is -0.481 e. The van der Waals surface area contributed by atoms with E-state index in [4.69, 9.17) is 10.6 Å². The summed E-state index contributed by atoms with van der Waals surface area (Å²) in [4.78, 5) is 11.5. The van der Waals surface area contributed by atoms with Crippen molar-refractivity contribution in [3.8, 4) is 0 Å². The molecule has 110 valence electrons. The van der Waals surface area contributed by atoms with Gasteiger partial charge in [-0.25, -0.2) is 10.9 Å². The minimum absolute atomic E-state index is 0.132. The topological polar surface area (TPSA) is 55.6 Å². The molecule has 0 aliphatic heterocycles. The fraction of sp³-hybridized carbons (Fsp3) is 0.357. The standard InChI is InChI=1S/C14H18F2N2O2/c1-4-10-6-5-7-11(9(2)19)8-12(10)13(20-3)18(17)14(15)16/h4-6,8,10,14H,1,7,17H2,2-3H3/b13-12+/t10-/m0/s1. The highest BCUT2D eigenvalue weighted by Crippen LogP contribution is 2.28. The van der Waals surface area contributed by atoms with Crippen LogP contribution in [0.25, 0.3) is 0 Å². The molecule has 6 heteroatoms. The van der Waals surface area contributed by atoms with Crippen LogP contribution in [0.1, 0.15) is 13.3 Å². The number of methoxy groups -OCH3 is 1. The number of hydrogen-bond donors (Lipinski definition) is 1. The zero-order chi connectivity index (χ0) is 15.3. The number of hydrogen-bond acceptors (Lipinski definition) is 4. The highest BCUT2D eigenvalue weighted by molar-refractivity contribution is 5.94. The van der Waals surface area contributed by atoms with Gasteiger partial charge in [-0.15, -0.1) is 6.58 Å². The molecule has 0 saturated carbocycles. The number of carbonyl (C=O) groups excluding carboxylic acids is 1. The van der Waals surface area contributed by atoms with E-state index in [0.29, 0.717) is 17.6 Å². The number of nitrogens with two attached hydrogens (primary N) is 1. The van der Waals surface area contributed by atoms with Crippen LogP contribution in [0.2, 0.25) is 0 Å². The summed E-state index contributed by atoms with van der Waals surface area (Å²) in [5.74, 6) is 4.65. The minimum atomic E-state index is -2.91. The van der Waals surface area contributed by atoms with Gasteiger partial charge in [0.15, 0.2) is 5.78 Å². The van der Waals surface area contributed by atoms with E-state index in [2.05, 4.69) is 6.58 Å². The van der Waals surface area contributed by atoms with Gasteiger partial charge in [0.2, 0.25) is 5.88 Å². The first kappa shape index (κ1) is 16.1. The summed E-state index contributed by atoms with van der Waals surface area (Å²) in [6, 6.07) is 0. The monoisotopic (exact) mass is 284 g/mol. The van der Waals surface area contributed by atoms with Crippen LogP contribution >= 0.6 is 0 Å². The molecule has 0 radical (unpaired) electrons. The van der Waals surface area contributed by atoms with Crippen molar-refractivity contribution in [3.63, 3.8) is 0 Å². The quantitative estimate of drug-likeness (QED) is 0.277. The van der Waals surface area contributed by atoms with Crippen LogP contribution in [-0.2, 0) is 9.53 Å². The highest BCUT2D eigenvalue weighted by Gasteiger charge is 2.24. The van der Waals surface area contributed by atoms with E-state index in [1.165, 1.54) is 20.1 Å². The Morgan fingerprint density at radius 2 is 2.30 bits per heavy atom. The second-order valence-electron chi connectivity index (χ2n) is 4.27. The number of Topliss-reactive ketones (excluding diaryl/α,β-unsaturated/α-hetero) is 1. The molecule has 0 saturated heterocycles. The van der Waals surface area contributed by atoms with Crippen molar-refractivity contribution in [1.82, 2.24) is 5.01 Å². The molecular weight excluding hydrogens is 266 g/mol. The van der Waals surface area contributed by atoms with Gasteiger partial charge in [0.25, 0.3) is 0 Å². The Bertz CT molecular complexity index is 482. The van der Waals surface area contributed by atoms with E-state index in [9.17, 15) is 13.6 Å². The van der Waals surface area contributed by atoms with E-state index in [1.807, 2.05) is 0 Å². The fourth-order valence-corrected chi connectivity index (χ4v) is 1.90. The van der Waals surface area contributed by atoms with Crippen molar-refractivity contribution >= 4 is 5.78 Å². The number of ketones is 1. The average Bonchev–Trinajstić information content (AvgIpc) is 2.62. The molecule has 4 nitrogen and oxygen atoms in total. The second-order valence-corrected chi connectivity index (χ2v) is 4.27. The lowest BCUT2D eigenvalue weighted by atomic mass is 9.98. The van der Waals surface area contributed by atoms with Crippen LogP contribution in [0.3, 0.4) is 0 Å². The van der Waals surface area contributed by atoms with Crippen LogP contribution in [0, 0.1) is 5.92 Å². The van der Waals surface area contributed by atoms with Gasteiger partial charge in [-0.1, -0.05) is 18.2 Å². The first-order valence-corrected chi connectivity index (χ1v) is 6.03. The van der Waals surface area contributed by atoms with Gasteiger partial charge in [0, 0.05) is 11.5 Å². The van der Waals surface area contributed by atoms with E-state index < -0.39 is 6.55 Å². The number of hydrazine groups is 1. The molecular formula is C14H18F2N2O2.